The first-order chi connectivity index (χ1) is 8.99. The Bertz CT molecular complexity index is 641. The molecule has 0 fully saturated rings. The molecule has 2 aromatic carbocycles. The minimum atomic E-state index is -0.419. The van der Waals surface area contributed by atoms with Crippen molar-refractivity contribution < 1.29 is 14.6 Å². The van der Waals surface area contributed by atoms with Crippen LogP contribution >= 0.6 is 67.8 Å². The van der Waals surface area contributed by atoms with Crippen molar-refractivity contribution in [3.05, 3.63) is 52.7 Å². The predicted molar refractivity (Wildman–Crippen MR) is 97.7 cm³/mol. The van der Waals surface area contributed by atoms with Crippen LogP contribution in [0.4, 0.5) is 0 Å². The molecule has 1 N–H and O–H groups in total. The molecule has 0 saturated heterocycles. The van der Waals surface area contributed by atoms with Gasteiger partial charge in [-0.2, -0.15) is 0 Å². The molecule has 6 heteroatoms. The van der Waals surface area contributed by atoms with Gasteiger partial charge in [0, 0.05) is 16.8 Å². The van der Waals surface area contributed by atoms with Crippen molar-refractivity contribution in [2.75, 3.05) is 0 Å². The van der Waals surface area contributed by atoms with Crippen LogP contribution in [-0.4, -0.2) is 11.1 Å². The molecule has 3 nitrogen and oxygen atoms in total. The number of rotatable bonds is 2. The van der Waals surface area contributed by atoms with E-state index >= 15 is 0 Å². The quantitative estimate of drug-likeness (QED) is 0.243. The van der Waals surface area contributed by atoms with Crippen molar-refractivity contribution in [1.29, 1.82) is 0 Å². The number of phenols is 1. The van der Waals surface area contributed by atoms with E-state index in [0.29, 0.717) is 11.3 Å². The van der Waals surface area contributed by atoms with E-state index in [-0.39, 0.29) is 5.75 Å². The Morgan fingerprint density at radius 3 is 2.42 bits per heavy atom. The van der Waals surface area contributed by atoms with E-state index in [1.54, 1.807) is 12.1 Å². The molecule has 0 heterocycles. The van der Waals surface area contributed by atoms with E-state index in [9.17, 15) is 9.90 Å². The molecule has 0 bridgehead atoms. The minimum Gasteiger partial charge on any atom is -0.508 e. The van der Waals surface area contributed by atoms with Crippen molar-refractivity contribution in [3.8, 4) is 11.5 Å². The number of hydrogen-bond acceptors (Lipinski definition) is 3. The highest BCUT2D eigenvalue weighted by Crippen LogP contribution is 2.26. The average Bonchev–Trinajstić information content (AvgIpc) is 2.34. The van der Waals surface area contributed by atoms with Gasteiger partial charge in [-0.05, 0) is 92.0 Å². The number of phenolic OH excluding ortho intramolecular Hbond substituents is 1. The molecule has 0 aliphatic rings. The van der Waals surface area contributed by atoms with Gasteiger partial charge in [-0.3, -0.25) is 0 Å². The molecule has 0 aliphatic heterocycles. The molecule has 0 radical (unpaired) electrons. The number of halogens is 3. The highest BCUT2D eigenvalue weighted by molar-refractivity contribution is 14.1. The third-order valence-electron chi connectivity index (χ3n) is 2.28. The van der Waals surface area contributed by atoms with Crippen LogP contribution in [0.2, 0.25) is 0 Å². The summed E-state index contributed by atoms with van der Waals surface area (Å²) in [6, 6.07) is 10.0. The average molecular weight is 592 g/mol. The summed E-state index contributed by atoms with van der Waals surface area (Å²) >= 11 is 6.42. The van der Waals surface area contributed by atoms with E-state index in [1.807, 2.05) is 12.1 Å². The zero-order valence-corrected chi connectivity index (χ0v) is 15.8. The molecule has 0 saturated carbocycles. The number of esters is 1. The minimum absolute atomic E-state index is 0.0670. The summed E-state index contributed by atoms with van der Waals surface area (Å²) in [6.45, 7) is 0. The zero-order chi connectivity index (χ0) is 14.0. The smallest absolute Gasteiger partial charge is 0.345 e. The molecule has 0 amide bonds. The SMILES string of the molecule is O=C(Oc1cccc(O)c1)c1c(I)ccc(I)c1I. The summed E-state index contributed by atoms with van der Waals surface area (Å²) < 4.78 is 8.00. The fourth-order valence-electron chi connectivity index (χ4n) is 1.42. The van der Waals surface area contributed by atoms with E-state index < -0.39 is 5.97 Å². The largest absolute Gasteiger partial charge is 0.508 e. The first-order valence-corrected chi connectivity index (χ1v) is 8.37. The van der Waals surface area contributed by atoms with Crippen molar-refractivity contribution in [3.63, 3.8) is 0 Å². The highest BCUT2D eigenvalue weighted by Gasteiger charge is 2.18. The highest BCUT2D eigenvalue weighted by atomic mass is 127. The summed E-state index contributed by atoms with van der Waals surface area (Å²) in [5, 5.41) is 9.35. The summed E-state index contributed by atoms with van der Waals surface area (Å²) in [5.74, 6) is -0.0225. The summed E-state index contributed by atoms with van der Waals surface area (Å²) in [6.07, 6.45) is 0. The van der Waals surface area contributed by atoms with Gasteiger partial charge in [0.1, 0.15) is 11.5 Å². The Labute approximate surface area is 151 Å². The topological polar surface area (TPSA) is 46.5 Å². The van der Waals surface area contributed by atoms with Crippen molar-refractivity contribution in [1.82, 2.24) is 0 Å². The first-order valence-electron chi connectivity index (χ1n) is 5.13. The van der Waals surface area contributed by atoms with Crippen molar-refractivity contribution >= 4 is 73.7 Å². The Hall–Kier alpha value is -0.1000. The van der Waals surface area contributed by atoms with E-state index in [2.05, 4.69) is 67.8 Å². The van der Waals surface area contributed by atoms with E-state index in [4.69, 9.17) is 4.74 Å². The maximum absolute atomic E-state index is 12.2. The van der Waals surface area contributed by atoms with Crippen LogP contribution in [0.25, 0.3) is 0 Å². The molecule has 2 rings (SSSR count). The monoisotopic (exact) mass is 592 g/mol. The summed E-state index contributed by atoms with van der Waals surface area (Å²) in [4.78, 5) is 12.2. The second-order valence-corrected chi connectivity index (χ2v) is 7.01. The maximum Gasteiger partial charge on any atom is 0.345 e. The lowest BCUT2D eigenvalue weighted by atomic mass is 10.2. The first kappa shape index (κ1) is 15.3. The van der Waals surface area contributed by atoms with Gasteiger partial charge in [-0.25, -0.2) is 4.79 Å². The maximum atomic E-state index is 12.2. The van der Waals surface area contributed by atoms with Gasteiger partial charge >= 0.3 is 5.97 Å². The molecule has 98 valence electrons. The second-order valence-electron chi connectivity index (χ2n) is 3.61. The van der Waals surface area contributed by atoms with Gasteiger partial charge in [0.2, 0.25) is 0 Å². The van der Waals surface area contributed by atoms with Gasteiger partial charge in [0.15, 0.2) is 0 Å². The number of ether oxygens (including phenoxy) is 1. The van der Waals surface area contributed by atoms with Gasteiger partial charge in [-0.15, -0.1) is 0 Å². The van der Waals surface area contributed by atoms with Crippen LogP contribution in [0, 0.1) is 10.7 Å². The Morgan fingerprint density at radius 2 is 1.74 bits per heavy atom. The van der Waals surface area contributed by atoms with Gasteiger partial charge in [0.25, 0.3) is 0 Å². The number of hydrogen-bond donors (Lipinski definition) is 1. The van der Waals surface area contributed by atoms with Crippen LogP contribution in [0.5, 0.6) is 11.5 Å². The molecule has 0 unspecified atom stereocenters. The Kier molecular flexibility index (Phi) is 5.29. The van der Waals surface area contributed by atoms with Crippen molar-refractivity contribution in [2.45, 2.75) is 0 Å². The summed E-state index contributed by atoms with van der Waals surface area (Å²) in [5.41, 5.74) is 0.552. The lowest BCUT2D eigenvalue weighted by Crippen LogP contribution is -2.13. The fourth-order valence-corrected chi connectivity index (χ4v) is 3.74. The second kappa shape index (κ2) is 6.57. The van der Waals surface area contributed by atoms with Crippen LogP contribution in [0.3, 0.4) is 0 Å². The molecule has 19 heavy (non-hydrogen) atoms. The molecule has 0 aromatic heterocycles. The number of benzene rings is 2. The van der Waals surface area contributed by atoms with Crippen LogP contribution in [-0.2, 0) is 0 Å². The van der Waals surface area contributed by atoms with Crippen LogP contribution in [0.1, 0.15) is 10.4 Å². The number of aromatic hydroxyl groups is 1. The normalized spacial score (nSPS) is 10.3. The molecule has 0 spiro atoms. The Morgan fingerprint density at radius 1 is 1.05 bits per heavy atom. The molecule has 0 atom stereocenters. The molecular formula is C13H7I3O3. The van der Waals surface area contributed by atoms with Crippen LogP contribution < -0.4 is 4.74 Å². The van der Waals surface area contributed by atoms with Gasteiger partial charge in [0.05, 0.1) is 5.56 Å². The van der Waals surface area contributed by atoms with Gasteiger partial charge in [-0.1, -0.05) is 6.07 Å². The third kappa shape index (κ3) is 3.72. The molecule has 0 aliphatic carbocycles. The summed E-state index contributed by atoms with van der Waals surface area (Å²) in [7, 11) is 0. The fraction of sp³-hybridized carbons (Fsp3) is 0. The molecular weight excluding hydrogens is 585 g/mol. The zero-order valence-electron chi connectivity index (χ0n) is 9.36. The molecule has 2 aromatic rings. The standard InChI is InChI=1S/C13H7I3O3/c14-9-4-5-10(15)12(16)11(9)13(18)19-8-3-1-2-7(17)6-8/h1-6,17H. The third-order valence-corrected chi connectivity index (χ3v) is 6.23. The lowest BCUT2D eigenvalue weighted by Gasteiger charge is -2.09. The Balaban J connectivity index is 2.33. The van der Waals surface area contributed by atoms with Crippen LogP contribution in [0.15, 0.2) is 36.4 Å². The lowest BCUT2D eigenvalue weighted by molar-refractivity contribution is 0.0732. The number of carbonyl (C=O) groups is 1. The van der Waals surface area contributed by atoms with E-state index in [0.717, 1.165) is 10.7 Å². The number of carbonyl (C=O) groups excluding carboxylic acids is 1. The van der Waals surface area contributed by atoms with E-state index in [1.165, 1.54) is 12.1 Å². The van der Waals surface area contributed by atoms with Gasteiger partial charge < -0.3 is 9.84 Å². The van der Waals surface area contributed by atoms with Crippen molar-refractivity contribution in [2.24, 2.45) is 0 Å². The predicted octanol–water partition coefficient (Wildman–Crippen LogP) is 4.43.